The minimum Gasteiger partial charge on any atom is -0.383 e. The third-order valence-electron chi connectivity index (χ3n) is 5.15. The number of benzene rings is 2. The van der Waals surface area contributed by atoms with Crippen LogP contribution in [0.25, 0.3) is 32.3 Å². The molecule has 0 saturated carbocycles. The predicted octanol–water partition coefficient (Wildman–Crippen LogP) is 6.39. The lowest BCUT2D eigenvalue weighted by atomic mass is 10.0. The number of amides is 2. The number of hydrogen-bond donors (Lipinski definition) is 3. The summed E-state index contributed by atoms with van der Waals surface area (Å²) >= 11 is 1.61. The third-order valence-corrected chi connectivity index (χ3v) is 6.17. The fraction of sp³-hybridized carbons (Fsp3) is 0. The molecule has 162 valence electrons. The molecular formula is C25H18FN5OS. The van der Waals surface area contributed by atoms with Crippen molar-refractivity contribution in [2.45, 2.75) is 0 Å². The van der Waals surface area contributed by atoms with Crippen molar-refractivity contribution in [2.75, 3.05) is 16.4 Å². The first-order valence-corrected chi connectivity index (χ1v) is 11.0. The van der Waals surface area contributed by atoms with Crippen LogP contribution in [0.4, 0.5) is 26.4 Å². The van der Waals surface area contributed by atoms with Crippen LogP contribution in [0.1, 0.15) is 0 Å². The van der Waals surface area contributed by atoms with Crippen LogP contribution in [0.2, 0.25) is 0 Å². The molecule has 0 aliphatic carbocycles. The first kappa shape index (κ1) is 20.6. The Hall–Kier alpha value is -4.30. The minimum atomic E-state index is -0.454. The molecule has 3 aromatic heterocycles. The van der Waals surface area contributed by atoms with Crippen LogP contribution < -0.4 is 16.4 Å². The highest BCUT2D eigenvalue weighted by Gasteiger charge is 2.15. The van der Waals surface area contributed by atoms with Gasteiger partial charge in [-0.3, -0.25) is 4.98 Å². The van der Waals surface area contributed by atoms with Gasteiger partial charge in [-0.1, -0.05) is 18.2 Å². The number of halogens is 1. The normalized spacial score (nSPS) is 10.8. The average Bonchev–Trinajstić information content (AvgIpc) is 3.26. The lowest BCUT2D eigenvalue weighted by molar-refractivity contribution is 0.262. The smallest absolute Gasteiger partial charge is 0.323 e. The second-order valence-corrected chi connectivity index (χ2v) is 8.19. The highest BCUT2D eigenvalue weighted by Crippen LogP contribution is 2.41. The van der Waals surface area contributed by atoms with Gasteiger partial charge < -0.3 is 16.4 Å². The lowest BCUT2D eigenvalue weighted by Gasteiger charge is -2.09. The van der Waals surface area contributed by atoms with Crippen LogP contribution in [-0.2, 0) is 0 Å². The maximum absolute atomic E-state index is 13.3. The maximum Gasteiger partial charge on any atom is 0.323 e. The summed E-state index contributed by atoms with van der Waals surface area (Å²) in [6.45, 7) is 0. The number of thiophene rings is 1. The molecule has 33 heavy (non-hydrogen) atoms. The van der Waals surface area contributed by atoms with Gasteiger partial charge in [0.1, 0.15) is 11.6 Å². The van der Waals surface area contributed by atoms with Crippen LogP contribution in [0.3, 0.4) is 0 Å². The molecule has 0 bridgehead atoms. The number of nitrogen functional groups attached to an aromatic ring is 1. The van der Waals surface area contributed by atoms with Crippen molar-refractivity contribution in [3.63, 3.8) is 0 Å². The molecule has 6 nitrogen and oxygen atoms in total. The molecule has 0 radical (unpaired) electrons. The number of carbonyl (C=O) groups excluding carboxylic acids is 1. The van der Waals surface area contributed by atoms with Crippen molar-refractivity contribution < 1.29 is 9.18 Å². The highest BCUT2D eigenvalue weighted by molar-refractivity contribution is 7.18. The average molecular weight is 456 g/mol. The summed E-state index contributed by atoms with van der Waals surface area (Å²) in [6.07, 6.45) is 5.29. The monoisotopic (exact) mass is 455 g/mol. The Morgan fingerprint density at radius 1 is 0.909 bits per heavy atom. The van der Waals surface area contributed by atoms with Crippen molar-refractivity contribution in [1.29, 1.82) is 0 Å². The molecule has 5 aromatic rings. The largest absolute Gasteiger partial charge is 0.383 e. The molecule has 8 heteroatoms. The van der Waals surface area contributed by atoms with Crippen molar-refractivity contribution in [2.24, 2.45) is 0 Å². The summed E-state index contributed by atoms with van der Waals surface area (Å²) in [6, 6.07) is 16.6. The number of anilines is 3. The summed E-state index contributed by atoms with van der Waals surface area (Å²) in [4.78, 5) is 20.7. The molecule has 0 atom stereocenters. The van der Waals surface area contributed by atoms with E-state index < -0.39 is 11.8 Å². The molecule has 2 aromatic carbocycles. The molecule has 0 spiro atoms. The summed E-state index contributed by atoms with van der Waals surface area (Å²) in [5, 5.41) is 8.32. The number of aromatic nitrogens is 2. The van der Waals surface area contributed by atoms with E-state index in [-0.39, 0.29) is 0 Å². The fourth-order valence-corrected chi connectivity index (χ4v) is 4.73. The standard InChI is InChI=1S/C25H18FN5OS/c26-17-2-1-3-19(12-17)31-25(32)30-18-6-4-15(5-7-18)21-14-33-23-20(13-29-24(27)22(21)23)16-8-10-28-11-9-16/h1-14H,(H2,27,29)(H2,30,31,32). The number of fused-ring (bicyclic) bond motifs is 1. The van der Waals surface area contributed by atoms with Gasteiger partial charge in [0.2, 0.25) is 0 Å². The first-order chi connectivity index (χ1) is 16.1. The summed E-state index contributed by atoms with van der Waals surface area (Å²) in [5.41, 5.74) is 11.2. The Morgan fingerprint density at radius 2 is 1.64 bits per heavy atom. The quantitative estimate of drug-likeness (QED) is 0.293. The molecule has 0 unspecified atom stereocenters. The molecule has 0 fully saturated rings. The minimum absolute atomic E-state index is 0.377. The van der Waals surface area contributed by atoms with Crippen LogP contribution in [-0.4, -0.2) is 16.0 Å². The van der Waals surface area contributed by atoms with Gasteiger partial charge in [0.15, 0.2) is 0 Å². The van der Waals surface area contributed by atoms with E-state index in [1.807, 2.05) is 24.3 Å². The van der Waals surface area contributed by atoms with Gasteiger partial charge in [-0.25, -0.2) is 14.2 Å². The lowest BCUT2D eigenvalue weighted by Crippen LogP contribution is -2.19. The summed E-state index contributed by atoms with van der Waals surface area (Å²) in [5.74, 6) is 0.0525. The van der Waals surface area contributed by atoms with Gasteiger partial charge in [-0.2, -0.15) is 0 Å². The maximum atomic E-state index is 13.3. The Morgan fingerprint density at radius 3 is 2.39 bits per heavy atom. The zero-order valence-corrected chi connectivity index (χ0v) is 18.1. The van der Waals surface area contributed by atoms with Gasteiger partial charge in [-0.05, 0) is 59.0 Å². The summed E-state index contributed by atoms with van der Waals surface area (Å²) in [7, 11) is 0. The van der Waals surface area contributed by atoms with Crippen LogP contribution >= 0.6 is 11.3 Å². The van der Waals surface area contributed by atoms with Crippen molar-refractivity contribution in [1.82, 2.24) is 9.97 Å². The molecule has 0 aliphatic rings. The van der Waals surface area contributed by atoms with Crippen LogP contribution in [0.5, 0.6) is 0 Å². The van der Waals surface area contributed by atoms with Gasteiger partial charge >= 0.3 is 6.03 Å². The number of urea groups is 1. The highest BCUT2D eigenvalue weighted by atomic mass is 32.1. The number of rotatable bonds is 4. The number of hydrogen-bond acceptors (Lipinski definition) is 5. The summed E-state index contributed by atoms with van der Waals surface area (Å²) < 4.78 is 14.4. The van der Waals surface area contributed by atoms with Gasteiger partial charge in [0.25, 0.3) is 0 Å². The van der Waals surface area contributed by atoms with Crippen molar-refractivity contribution in [3.8, 4) is 22.3 Å². The molecular weight excluding hydrogens is 437 g/mol. The zero-order chi connectivity index (χ0) is 22.8. The fourth-order valence-electron chi connectivity index (χ4n) is 3.61. The van der Waals surface area contributed by atoms with E-state index in [0.717, 1.165) is 32.3 Å². The van der Waals surface area contributed by atoms with E-state index in [1.54, 1.807) is 48.1 Å². The Balaban J connectivity index is 1.40. The molecule has 0 saturated heterocycles. The number of pyridine rings is 2. The van der Waals surface area contributed by atoms with E-state index in [2.05, 4.69) is 26.0 Å². The topological polar surface area (TPSA) is 92.9 Å². The van der Waals surface area contributed by atoms with E-state index in [9.17, 15) is 9.18 Å². The molecule has 4 N–H and O–H groups in total. The Bertz CT molecular complexity index is 1450. The van der Waals surface area contributed by atoms with E-state index in [0.29, 0.717) is 17.2 Å². The Kier molecular flexibility index (Phi) is 5.42. The van der Waals surface area contributed by atoms with E-state index >= 15 is 0 Å². The van der Waals surface area contributed by atoms with Crippen molar-refractivity contribution in [3.05, 3.63) is 90.5 Å². The molecule has 5 rings (SSSR count). The molecule has 0 aliphatic heterocycles. The van der Waals surface area contributed by atoms with Crippen molar-refractivity contribution >= 4 is 44.6 Å². The SMILES string of the molecule is Nc1ncc(-c2ccncc2)c2scc(-c3ccc(NC(=O)Nc4cccc(F)c4)cc3)c12. The molecule has 3 heterocycles. The van der Waals surface area contributed by atoms with Crippen LogP contribution in [0.15, 0.2) is 84.6 Å². The third kappa shape index (κ3) is 4.24. The van der Waals surface area contributed by atoms with Gasteiger partial charge in [-0.15, -0.1) is 11.3 Å². The van der Waals surface area contributed by atoms with Gasteiger partial charge in [0.05, 0.1) is 0 Å². The number of nitrogens with one attached hydrogen (secondary N) is 2. The first-order valence-electron chi connectivity index (χ1n) is 10.1. The second-order valence-electron chi connectivity index (χ2n) is 7.31. The van der Waals surface area contributed by atoms with E-state index in [4.69, 9.17) is 5.73 Å². The van der Waals surface area contributed by atoms with E-state index in [1.165, 1.54) is 18.2 Å². The number of nitrogens with two attached hydrogens (primary N) is 1. The van der Waals surface area contributed by atoms with Gasteiger partial charge in [0, 0.05) is 51.2 Å². The zero-order valence-electron chi connectivity index (χ0n) is 17.2. The number of carbonyl (C=O) groups is 1. The van der Waals surface area contributed by atoms with Crippen LogP contribution in [0, 0.1) is 5.82 Å². The second kappa shape index (κ2) is 8.68. The number of nitrogens with zero attached hydrogens (tertiary/aromatic N) is 2. The molecule has 2 amide bonds. The Labute approximate surface area is 192 Å². The predicted molar refractivity (Wildman–Crippen MR) is 132 cm³/mol.